The molecule has 1 aromatic carbocycles. The first kappa shape index (κ1) is 41.3. The van der Waals surface area contributed by atoms with Crippen molar-refractivity contribution in [3.8, 4) is 25.7 Å². The zero-order valence-electron chi connectivity index (χ0n) is 28.5. The molecule has 3 unspecified atom stereocenters. The van der Waals surface area contributed by atoms with E-state index in [1.165, 1.54) is 68.9 Å². The number of hydrogen-bond acceptors (Lipinski definition) is 2. The number of terminal acetylenes is 2. The van der Waals surface area contributed by atoms with E-state index < -0.39 is 5.97 Å². The summed E-state index contributed by atoms with van der Waals surface area (Å²) in [4.78, 5) is 11.4. The minimum absolute atomic E-state index is 0. The molecule has 4 fully saturated rings. The minimum atomic E-state index is -0.851. The number of hydrogen-bond donors (Lipinski definition) is 2. The van der Waals surface area contributed by atoms with Gasteiger partial charge in [0.05, 0.1) is 5.56 Å². The summed E-state index contributed by atoms with van der Waals surface area (Å²) in [5, 5.41) is 9.37. The molecule has 0 amide bonds. The van der Waals surface area contributed by atoms with Crippen LogP contribution in [0.3, 0.4) is 0 Å². The molecule has 6 rings (SSSR count). The van der Waals surface area contributed by atoms with Crippen molar-refractivity contribution in [2.45, 2.75) is 121 Å². The van der Waals surface area contributed by atoms with E-state index in [1.54, 1.807) is 18.2 Å². The van der Waals surface area contributed by atoms with Crippen molar-refractivity contribution in [2.24, 2.45) is 56.5 Å². The predicted octanol–water partition coefficient (Wildman–Crippen LogP) is 11.2. The number of fused-ring (bicyclic) bond motifs is 7. The van der Waals surface area contributed by atoms with Gasteiger partial charge >= 0.3 is 5.97 Å². The molecule has 5 aliphatic rings. The highest BCUT2D eigenvalue weighted by Gasteiger charge is 2.69. The predicted molar refractivity (Wildman–Crippen MR) is 200 cm³/mol. The molecule has 0 heterocycles. The Morgan fingerprint density at radius 2 is 1.46 bits per heavy atom. The maximum atomic E-state index is 11.4. The third-order valence-electron chi connectivity index (χ3n) is 14.0. The third kappa shape index (κ3) is 6.15. The summed E-state index contributed by atoms with van der Waals surface area (Å²) in [7, 11) is 0. The second-order valence-corrected chi connectivity index (χ2v) is 15.6. The first-order valence-electron chi connectivity index (χ1n) is 16.8. The van der Waals surface area contributed by atoms with Gasteiger partial charge in [-0.3, -0.25) is 0 Å². The van der Waals surface area contributed by atoms with E-state index in [4.69, 9.17) is 5.73 Å². The second-order valence-electron chi connectivity index (χ2n) is 15.6. The van der Waals surface area contributed by atoms with Crippen LogP contribution in [0.4, 0.5) is 0 Å². The summed E-state index contributed by atoms with van der Waals surface area (Å²) >= 11 is 0. The molecular formula is C43H67NO2. The van der Waals surface area contributed by atoms with E-state index in [0.717, 1.165) is 30.7 Å². The summed E-state index contributed by atoms with van der Waals surface area (Å²) in [6.07, 6.45) is 33.8. The van der Waals surface area contributed by atoms with E-state index in [0.29, 0.717) is 33.1 Å². The molecule has 3 heteroatoms. The lowest BCUT2D eigenvalue weighted by Crippen LogP contribution is -2.65. The largest absolute Gasteiger partial charge is 0.478 e. The number of aromatic carboxylic acids is 1. The summed E-state index contributed by atoms with van der Waals surface area (Å²) in [6, 6.07) is 7.62. The molecule has 8 atom stereocenters. The second kappa shape index (κ2) is 15.4. The lowest BCUT2D eigenvalue weighted by molar-refractivity contribution is -0.221. The topological polar surface area (TPSA) is 63.3 Å². The molecule has 256 valence electrons. The maximum Gasteiger partial charge on any atom is 0.335 e. The molecule has 0 radical (unpaired) electrons. The molecule has 3 N–H and O–H groups in total. The van der Waals surface area contributed by atoms with Crippen molar-refractivity contribution in [2.75, 3.05) is 6.54 Å². The number of carbonyl (C=O) groups is 1. The lowest BCUT2D eigenvalue weighted by atomic mass is 9.32. The van der Waals surface area contributed by atoms with E-state index in [-0.39, 0.29) is 20.3 Å². The van der Waals surface area contributed by atoms with Crippen LogP contribution in [-0.2, 0) is 0 Å². The van der Waals surface area contributed by atoms with Gasteiger partial charge < -0.3 is 10.8 Å². The zero-order valence-corrected chi connectivity index (χ0v) is 28.5. The van der Waals surface area contributed by atoms with E-state index >= 15 is 0 Å². The van der Waals surface area contributed by atoms with Crippen LogP contribution in [0, 0.1) is 76.4 Å². The fourth-order valence-electron chi connectivity index (χ4n) is 11.9. The fourth-order valence-corrected chi connectivity index (χ4v) is 11.9. The Hall–Kier alpha value is -2.75. The molecule has 0 aliphatic heterocycles. The molecular weight excluding hydrogens is 562 g/mol. The fraction of sp³-hybridized carbons (Fsp3) is 0.651. The Bertz CT molecular complexity index is 1250. The molecule has 3 nitrogen and oxygen atoms in total. The quantitative estimate of drug-likeness (QED) is 0.258. The van der Waals surface area contributed by atoms with Crippen LogP contribution in [0.2, 0.25) is 0 Å². The van der Waals surface area contributed by atoms with Crippen LogP contribution in [0.5, 0.6) is 0 Å². The smallest absolute Gasteiger partial charge is 0.335 e. The average molecular weight is 630 g/mol. The Balaban J connectivity index is 0.00000109. The highest BCUT2D eigenvalue weighted by atomic mass is 16.4. The first-order valence-corrected chi connectivity index (χ1v) is 16.8. The average Bonchev–Trinajstić information content (AvgIpc) is 3.44. The summed E-state index contributed by atoms with van der Waals surface area (Å²) in [5.74, 6) is 2.26. The van der Waals surface area contributed by atoms with Gasteiger partial charge in [0.15, 0.2) is 0 Å². The van der Waals surface area contributed by atoms with Crippen molar-refractivity contribution in [3.63, 3.8) is 0 Å². The van der Waals surface area contributed by atoms with E-state index in [9.17, 15) is 9.90 Å². The SMILES string of the molecule is C.C.C#C.C#C.C=CC.CC1(C)C(c2ccc(C(=O)O)cc2)=CC[C@@]2(C)C1CC[C@]1(C)C2CC[C@@H]2C3CCC[C@]3(CN)CC[C@]21C. The van der Waals surface area contributed by atoms with Gasteiger partial charge in [-0.05, 0) is 145 Å². The normalized spacial score (nSPS) is 37.5. The zero-order chi connectivity index (χ0) is 33.1. The maximum absolute atomic E-state index is 11.4. The van der Waals surface area contributed by atoms with Gasteiger partial charge in [0.1, 0.15) is 0 Å². The van der Waals surface area contributed by atoms with E-state index in [1.807, 2.05) is 19.1 Å². The lowest BCUT2D eigenvalue weighted by Gasteiger charge is -2.72. The van der Waals surface area contributed by atoms with Crippen LogP contribution in [0.15, 0.2) is 43.0 Å². The summed E-state index contributed by atoms with van der Waals surface area (Å²) < 4.78 is 0. The summed E-state index contributed by atoms with van der Waals surface area (Å²) in [6.45, 7) is 19.2. The highest BCUT2D eigenvalue weighted by molar-refractivity contribution is 5.88. The molecule has 0 bridgehead atoms. The molecule has 0 saturated heterocycles. The van der Waals surface area contributed by atoms with Crippen LogP contribution in [0.1, 0.15) is 137 Å². The van der Waals surface area contributed by atoms with Gasteiger partial charge in [-0.1, -0.05) is 80.2 Å². The van der Waals surface area contributed by atoms with Gasteiger partial charge in [-0.2, -0.15) is 0 Å². The van der Waals surface area contributed by atoms with E-state index in [2.05, 4.69) is 73.0 Å². The molecule has 1 aromatic rings. The third-order valence-corrected chi connectivity index (χ3v) is 14.0. The van der Waals surface area contributed by atoms with Crippen molar-refractivity contribution >= 4 is 11.5 Å². The monoisotopic (exact) mass is 630 g/mol. The molecule has 0 spiro atoms. The minimum Gasteiger partial charge on any atom is -0.478 e. The van der Waals surface area contributed by atoms with Gasteiger partial charge in [0.25, 0.3) is 0 Å². The number of carboxylic acid groups (broad SMARTS) is 1. The number of benzene rings is 1. The Morgan fingerprint density at radius 1 is 0.870 bits per heavy atom. The van der Waals surface area contributed by atoms with Gasteiger partial charge in [-0.15, -0.1) is 32.3 Å². The molecule has 0 aromatic heterocycles. The van der Waals surface area contributed by atoms with Gasteiger partial charge in [-0.25, -0.2) is 4.79 Å². The van der Waals surface area contributed by atoms with Crippen molar-refractivity contribution in [1.82, 2.24) is 0 Å². The van der Waals surface area contributed by atoms with Crippen LogP contribution in [-0.4, -0.2) is 17.6 Å². The van der Waals surface area contributed by atoms with Crippen LogP contribution in [0.25, 0.3) is 5.57 Å². The van der Waals surface area contributed by atoms with Crippen molar-refractivity contribution in [1.29, 1.82) is 0 Å². The molecule has 5 aliphatic carbocycles. The Kier molecular flexibility index (Phi) is 13.8. The number of nitrogens with two attached hydrogens (primary N) is 1. The van der Waals surface area contributed by atoms with Crippen molar-refractivity contribution in [3.05, 3.63) is 54.1 Å². The van der Waals surface area contributed by atoms with Gasteiger partial charge in [0.2, 0.25) is 0 Å². The Morgan fingerprint density at radius 3 is 2.00 bits per heavy atom. The molecule has 4 saturated carbocycles. The van der Waals surface area contributed by atoms with Crippen molar-refractivity contribution < 1.29 is 9.90 Å². The number of carboxylic acids is 1. The number of allylic oxidation sites excluding steroid dienone is 3. The summed E-state index contributed by atoms with van der Waals surface area (Å²) in [5.41, 5.74) is 11.1. The standard InChI is InChI=1S/C34H49NO2.C3H6.2C2H2.2CH4/c1-30(2)24(22-8-10-23(11-9-22)29(36)37)14-17-31(3)27(30)15-18-33(5)28(31)13-12-25-26-7-6-16-34(26,21-35)20-19-32(25,33)4;1-3-2;2*1-2;;/h8-11,14,25-28H,6-7,12-13,15-21,35H2,1-5H3,(H,36,37);3H,1H2,2H3;2*1-2H;2*1H4/t25-,26?,27?,28?,31+,32-,33-,34-;;;;;/m1...../s1. The Labute approximate surface area is 284 Å². The van der Waals surface area contributed by atoms with Crippen LogP contribution >= 0.6 is 0 Å². The number of rotatable bonds is 3. The first-order chi connectivity index (χ1) is 20.8. The molecule has 46 heavy (non-hydrogen) atoms. The highest BCUT2D eigenvalue weighted by Crippen LogP contribution is 2.76. The van der Waals surface area contributed by atoms with Gasteiger partial charge in [0, 0.05) is 0 Å². The van der Waals surface area contributed by atoms with Crippen LogP contribution < -0.4 is 5.73 Å².